The standard InChI is InChI=1S/C15H19BrN2O3/c1-3-20-14(21-4-2)9-18-13-8-6-5-7-12(13)17-10-15(18,16)11-19/h5-8,10-11,14H,3-4,9H2,1-2H3. The largest absolute Gasteiger partial charge is 0.351 e. The van der Waals surface area contributed by atoms with Gasteiger partial charge in [0.05, 0.1) is 17.9 Å². The van der Waals surface area contributed by atoms with E-state index in [0.717, 1.165) is 17.7 Å². The van der Waals surface area contributed by atoms with E-state index in [0.29, 0.717) is 19.8 Å². The third-order valence-corrected chi connectivity index (χ3v) is 3.99. The van der Waals surface area contributed by atoms with Gasteiger partial charge in [-0.15, -0.1) is 0 Å². The van der Waals surface area contributed by atoms with Gasteiger partial charge in [-0.05, 0) is 41.9 Å². The summed E-state index contributed by atoms with van der Waals surface area (Å²) in [4.78, 5) is 17.8. The molecule has 0 aromatic heterocycles. The first-order chi connectivity index (χ1) is 10.1. The molecule has 1 unspecified atom stereocenters. The number of para-hydroxylation sites is 2. The molecule has 0 fully saturated rings. The lowest BCUT2D eigenvalue weighted by molar-refractivity contribution is -0.130. The van der Waals surface area contributed by atoms with Crippen LogP contribution in [0.3, 0.4) is 0 Å². The van der Waals surface area contributed by atoms with Crippen molar-refractivity contribution in [1.82, 2.24) is 0 Å². The van der Waals surface area contributed by atoms with E-state index in [2.05, 4.69) is 20.9 Å². The summed E-state index contributed by atoms with van der Waals surface area (Å²) < 4.78 is 10.2. The lowest BCUT2D eigenvalue weighted by Crippen LogP contribution is -2.52. The predicted octanol–water partition coefficient (Wildman–Crippen LogP) is 2.90. The van der Waals surface area contributed by atoms with Gasteiger partial charge in [-0.25, -0.2) is 0 Å². The van der Waals surface area contributed by atoms with Crippen LogP contribution in [-0.4, -0.2) is 43.0 Å². The van der Waals surface area contributed by atoms with E-state index < -0.39 is 10.7 Å². The average Bonchev–Trinajstić information content (AvgIpc) is 2.51. The first-order valence-corrected chi connectivity index (χ1v) is 7.74. The van der Waals surface area contributed by atoms with Crippen molar-refractivity contribution >= 4 is 39.8 Å². The Bertz CT molecular complexity index is 517. The molecule has 0 amide bonds. The molecule has 0 aliphatic carbocycles. The van der Waals surface area contributed by atoms with Crippen LogP contribution in [0, 0.1) is 0 Å². The molecule has 0 saturated heterocycles. The van der Waals surface area contributed by atoms with E-state index in [1.165, 1.54) is 0 Å². The maximum Gasteiger partial charge on any atom is 0.187 e. The smallest absolute Gasteiger partial charge is 0.187 e. The Labute approximate surface area is 133 Å². The highest BCUT2D eigenvalue weighted by molar-refractivity contribution is 9.10. The minimum absolute atomic E-state index is 0.406. The minimum atomic E-state index is -0.978. The van der Waals surface area contributed by atoms with E-state index in [1.54, 1.807) is 6.21 Å². The molecule has 0 saturated carbocycles. The van der Waals surface area contributed by atoms with Gasteiger partial charge in [0, 0.05) is 19.4 Å². The number of benzene rings is 1. The summed E-state index contributed by atoms with van der Waals surface area (Å²) in [6.45, 7) is 5.35. The average molecular weight is 355 g/mol. The number of ether oxygens (including phenoxy) is 2. The number of rotatable bonds is 7. The van der Waals surface area contributed by atoms with Crippen molar-refractivity contribution in [2.24, 2.45) is 4.99 Å². The number of hydrogen-bond donors (Lipinski definition) is 0. The third kappa shape index (κ3) is 3.51. The number of nitrogens with zero attached hydrogens (tertiary/aromatic N) is 2. The quantitative estimate of drug-likeness (QED) is 0.327. The second-order valence-electron chi connectivity index (χ2n) is 4.54. The summed E-state index contributed by atoms with van der Waals surface area (Å²) in [6, 6.07) is 7.67. The highest BCUT2D eigenvalue weighted by Crippen LogP contribution is 2.38. The van der Waals surface area contributed by atoms with E-state index in [-0.39, 0.29) is 0 Å². The van der Waals surface area contributed by atoms with Crippen molar-refractivity contribution in [2.75, 3.05) is 24.7 Å². The minimum Gasteiger partial charge on any atom is -0.351 e. The fraction of sp³-hybridized carbons (Fsp3) is 0.467. The van der Waals surface area contributed by atoms with Crippen LogP contribution in [-0.2, 0) is 14.3 Å². The highest BCUT2D eigenvalue weighted by atomic mass is 79.9. The molecule has 1 aromatic rings. The van der Waals surface area contributed by atoms with E-state index in [9.17, 15) is 4.79 Å². The molecule has 0 bridgehead atoms. The molecule has 1 aromatic carbocycles. The van der Waals surface area contributed by atoms with Crippen molar-refractivity contribution in [3.8, 4) is 0 Å². The maximum atomic E-state index is 11.5. The molecule has 0 spiro atoms. The maximum absolute atomic E-state index is 11.5. The molecular weight excluding hydrogens is 336 g/mol. The van der Waals surface area contributed by atoms with E-state index in [4.69, 9.17) is 9.47 Å². The van der Waals surface area contributed by atoms with Gasteiger partial charge in [0.25, 0.3) is 0 Å². The second-order valence-corrected chi connectivity index (χ2v) is 5.81. The first-order valence-electron chi connectivity index (χ1n) is 6.95. The fourth-order valence-electron chi connectivity index (χ4n) is 2.22. The van der Waals surface area contributed by atoms with Crippen molar-refractivity contribution in [1.29, 1.82) is 0 Å². The monoisotopic (exact) mass is 354 g/mol. The van der Waals surface area contributed by atoms with E-state index >= 15 is 0 Å². The lowest BCUT2D eigenvalue weighted by atomic mass is 10.1. The molecule has 1 heterocycles. The van der Waals surface area contributed by atoms with Gasteiger partial charge in [-0.3, -0.25) is 9.79 Å². The topological polar surface area (TPSA) is 51.1 Å². The summed E-state index contributed by atoms with van der Waals surface area (Å²) in [5, 5.41) is 0. The number of carbonyl (C=O) groups is 1. The molecule has 1 aliphatic heterocycles. The normalized spacial score (nSPS) is 20.7. The second kappa shape index (κ2) is 7.15. The molecule has 6 heteroatoms. The summed E-state index contributed by atoms with van der Waals surface area (Å²) in [5.41, 5.74) is 1.69. The molecule has 2 rings (SSSR count). The van der Waals surface area contributed by atoms with Gasteiger partial charge in [0.2, 0.25) is 0 Å². The number of hydrogen-bond acceptors (Lipinski definition) is 5. The number of fused-ring (bicyclic) bond motifs is 1. The molecule has 1 aliphatic rings. The predicted molar refractivity (Wildman–Crippen MR) is 86.7 cm³/mol. The molecule has 1 atom stereocenters. The van der Waals surface area contributed by atoms with Crippen LogP contribution < -0.4 is 4.90 Å². The van der Waals surface area contributed by atoms with Crippen LogP contribution in [0.2, 0.25) is 0 Å². The van der Waals surface area contributed by atoms with Crippen LogP contribution >= 0.6 is 15.9 Å². The van der Waals surface area contributed by atoms with Gasteiger partial charge >= 0.3 is 0 Å². The lowest BCUT2D eigenvalue weighted by Gasteiger charge is -2.39. The molecule has 0 radical (unpaired) electrons. The zero-order valence-corrected chi connectivity index (χ0v) is 13.7. The zero-order chi connectivity index (χ0) is 15.3. The summed E-state index contributed by atoms with van der Waals surface area (Å²) >= 11 is 3.46. The fourth-order valence-corrected chi connectivity index (χ4v) is 2.66. The highest BCUT2D eigenvalue weighted by Gasteiger charge is 2.38. The first kappa shape index (κ1) is 16.1. The third-order valence-electron chi connectivity index (χ3n) is 3.17. The van der Waals surface area contributed by atoms with Crippen molar-refractivity contribution in [3.63, 3.8) is 0 Å². The van der Waals surface area contributed by atoms with Crippen molar-refractivity contribution in [2.45, 2.75) is 24.6 Å². The number of alkyl halides is 1. The Balaban J connectivity index is 2.32. The van der Waals surface area contributed by atoms with Gasteiger partial charge in [0.15, 0.2) is 17.0 Å². The summed E-state index contributed by atoms with van der Waals surface area (Å²) in [5.74, 6) is 0. The number of carbonyl (C=O) groups excluding carboxylic acids is 1. The molecule has 21 heavy (non-hydrogen) atoms. The van der Waals surface area contributed by atoms with Gasteiger partial charge in [-0.1, -0.05) is 12.1 Å². The Kier molecular flexibility index (Phi) is 5.50. The SMILES string of the molecule is CCOC(CN1c2ccccc2N=CC1(Br)C=O)OCC. The van der Waals surface area contributed by atoms with Crippen LogP contribution in [0.1, 0.15) is 13.8 Å². The molecule has 0 N–H and O–H groups in total. The van der Waals surface area contributed by atoms with Gasteiger partial charge in [0.1, 0.15) is 0 Å². The Morgan fingerprint density at radius 3 is 2.62 bits per heavy atom. The number of anilines is 1. The van der Waals surface area contributed by atoms with Gasteiger partial charge in [-0.2, -0.15) is 0 Å². The number of aliphatic imine (C=N–C) groups is 1. The molecular formula is C15H19BrN2O3. The zero-order valence-electron chi connectivity index (χ0n) is 12.2. The van der Waals surface area contributed by atoms with Crippen LogP contribution in [0.4, 0.5) is 11.4 Å². The Hall–Kier alpha value is -1.24. The molecule has 5 nitrogen and oxygen atoms in total. The van der Waals surface area contributed by atoms with Crippen LogP contribution in [0.25, 0.3) is 0 Å². The number of halogens is 1. The van der Waals surface area contributed by atoms with Gasteiger partial charge < -0.3 is 14.4 Å². The van der Waals surface area contributed by atoms with Crippen molar-refractivity contribution < 1.29 is 14.3 Å². The van der Waals surface area contributed by atoms with Crippen LogP contribution in [0.5, 0.6) is 0 Å². The summed E-state index contributed by atoms with van der Waals surface area (Å²) in [7, 11) is 0. The molecule has 114 valence electrons. The van der Waals surface area contributed by atoms with Crippen molar-refractivity contribution in [3.05, 3.63) is 24.3 Å². The summed E-state index contributed by atoms with van der Waals surface area (Å²) in [6.07, 6.45) is 2.01. The Morgan fingerprint density at radius 2 is 2.00 bits per heavy atom. The Morgan fingerprint density at radius 1 is 1.33 bits per heavy atom. The van der Waals surface area contributed by atoms with E-state index in [1.807, 2.05) is 43.0 Å². The van der Waals surface area contributed by atoms with Crippen LogP contribution in [0.15, 0.2) is 29.3 Å². The number of aldehydes is 1.